The number of epoxide rings is 1. The molecule has 19 heavy (non-hydrogen) atoms. The fourth-order valence-electron chi connectivity index (χ4n) is 3.42. The van der Waals surface area contributed by atoms with Crippen molar-refractivity contribution in [2.75, 3.05) is 19.8 Å². The number of nitrogens with zero attached hydrogens (tertiary/aromatic N) is 1. The molecule has 0 aromatic carbocycles. The second-order valence-corrected chi connectivity index (χ2v) is 7.22. The van der Waals surface area contributed by atoms with Crippen molar-refractivity contribution in [1.82, 2.24) is 10.4 Å². The van der Waals surface area contributed by atoms with E-state index in [1.165, 1.54) is 0 Å². The van der Waals surface area contributed by atoms with Gasteiger partial charge in [0.1, 0.15) is 0 Å². The Morgan fingerprint density at radius 1 is 1.21 bits per heavy atom. The number of rotatable bonds is 6. The molecule has 0 aliphatic carbocycles. The van der Waals surface area contributed by atoms with Gasteiger partial charge in [-0.15, -0.1) is 0 Å². The van der Waals surface area contributed by atoms with Gasteiger partial charge >= 0.3 is 0 Å². The molecule has 1 atom stereocenters. The van der Waals surface area contributed by atoms with Crippen molar-refractivity contribution in [2.45, 2.75) is 77.1 Å². The lowest BCUT2D eigenvalue weighted by Gasteiger charge is -2.54. The quantitative estimate of drug-likeness (QED) is 0.752. The van der Waals surface area contributed by atoms with Crippen molar-refractivity contribution in [3.8, 4) is 0 Å². The van der Waals surface area contributed by atoms with E-state index in [9.17, 15) is 0 Å². The Kier molecular flexibility index (Phi) is 4.56. The number of piperidine rings is 1. The molecule has 2 aliphatic heterocycles. The highest BCUT2D eigenvalue weighted by Gasteiger charge is 2.46. The van der Waals surface area contributed by atoms with Gasteiger partial charge in [-0.1, -0.05) is 6.92 Å². The van der Waals surface area contributed by atoms with Crippen molar-refractivity contribution in [3.63, 3.8) is 0 Å². The fourth-order valence-corrected chi connectivity index (χ4v) is 3.42. The van der Waals surface area contributed by atoms with Crippen LogP contribution in [0.5, 0.6) is 0 Å². The van der Waals surface area contributed by atoms with Crippen LogP contribution in [0, 0.1) is 0 Å². The molecule has 112 valence electrons. The summed E-state index contributed by atoms with van der Waals surface area (Å²) in [4.78, 5) is 6.03. The summed E-state index contributed by atoms with van der Waals surface area (Å²) in [6.07, 6.45) is 3.75. The molecule has 0 bridgehead atoms. The minimum Gasteiger partial charge on any atom is -0.372 e. The summed E-state index contributed by atoms with van der Waals surface area (Å²) in [7, 11) is 0. The van der Waals surface area contributed by atoms with Crippen molar-refractivity contribution in [3.05, 3.63) is 0 Å². The summed E-state index contributed by atoms with van der Waals surface area (Å²) in [5.41, 5.74) is 0.137. The summed E-state index contributed by atoms with van der Waals surface area (Å²) in [6, 6.07) is 0.552. The smallest absolute Gasteiger partial charge is 0.0934 e. The molecule has 0 amide bonds. The molecular formula is C15H30N2O2. The molecular weight excluding hydrogens is 240 g/mol. The Balaban J connectivity index is 1.95. The predicted octanol–water partition coefficient (Wildman–Crippen LogP) is 2.34. The van der Waals surface area contributed by atoms with Crippen LogP contribution in [0.15, 0.2) is 0 Å². The monoisotopic (exact) mass is 270 g/mol. The second-order valence-electron chi connectivity index (χ2n) is 7.22. The third-order valence-electron chi connectivity index (χ3n) is 4.05. The van der Waals surface area contributed by atoms with Gasteiger partial charge in [0.15, 0.2) is 0 Å². The van der Waals surface area contributed by atoms with E-state index in [-0.39, 0.29) is 11.1 Å². The number of hydroxylamine groups is 2. The summed E-state index contributed by atoms with van der Waals surface area (Å²) < 4.78 is 5.28. The molecule has 2 rings (SSSR count). The highest BCUT2D eigenvalue weighted by atomic mass is 16.7. The van der Waals surface area contributed by atoms with Gasteiger partial charge < -0.3 is 10.1 Å². The molecule has 4 heteroatoms. The van der Waals surface area contributed by atoms with Gasteiger partial charge in [0.2, 0.25) is 0 Å². The molecule has 0 aromatic rings. The van der Waals surface area contributed by atoms with E-state index >= 15 is 0 Å². The van der Waals surface area contributed by atoms with Crippen LogP contribution in [0.25, 0.3) is 0 Å². The summed E-state index contributed by atoms with van der Waals surface area (Å²) in [5, 5.41) is 5.90. The standard InChI is InChI=1S/C15H30N2O2/c1-6-7-19-17-14(2,3)8-12(9-15(17,4)5)16-10-13-11-18-13/h12-13,16H,6-11H2,1-5H3. The van der Waals surface area contributed by atoms with Crippen LogP contribution in [0.2, 0.25) is 0 Å². The zero-order valence-electron chi connectivity index (χ0n) is 13.2. The van der Waals surface area contributed by atoms with E-state index in [0.717, 1.165) is 39.0 Å². The van der Waals surface area contributed by atoms with Gasteiger partial charge in [-0.3, -0.25) is 4.84 Å². The van der Waals surface area contributed by atoms with Crippen LogP contribution in [0.4, 0.5) is 0 Å². The molecule has 4 nitrogen and oxygen atoms in total. The molecule has 2 heterocycles. The SMILES string of the molecule is CCCON1C(C)(C)CC(NCC2CO2)CC1(C)C. The number of ether oxygens (including phenoxy) is 1. The first-order valence-corrected chi connectivity index (χ1v) is 7.63. The number of hydrogen-bond donors (Lipinski definition) is 1. The molecule has 1 unspecified atom stereocenters. The van der Waals surface area contributed by atoms with E-state index in [1.807, 2.05) is 0 Å². The molecule has 1 N–H and O–H groups in total. The van der Waals surface area contributed by atoms with E-state index in [1.54, 1.807) is 0 Å². The van der Waals surface area contributed by atoms with Crippen molar-refractivity contribution < 1.29 is 9.57 Å². The van der Waals surface area contributed by atoms with Gasteiger partial charge in [0.05, 0.1) is 19.3 Å². The summed E-state index contributed by atoms with van der Waals surface area (Å²) in [5.74, 6) is 0. The Morgan fingerprint density at radius 2 is 1.79 bits per heavy atom. The summed E-state index contributed by atoms with van der Waals surface area (Å²) in [6.45, 7) is 14.0. The van der Waals surface area contributed by atoms with Crippen LogP contribution in [-0.2, 0) is 9.57 Å². The van der Waals surface area contributed by atoms with Gasteiger partial charge in [-0.2, -0.15) is 5.06 Å². The highest BCUT2D eigenvalue weighted by Crippen LogP contribution is 2.38. The molecule has 2 fully saturated rings. The maximum atomic E-state index is 6.03. The molecule has 0 aromatic heterocycles. The van der Waals surface area contributed by atoms with E-state index in [4.69, 9.17) is 9.57 Å². The first-order valence-electron chi connectivity index (χ1n) is 7.63. The normalized spacial score (nSPS) is 30.5. The lowest BCUT2D eigenvalue weighted by molar-refractivity contribution is -0.283. The minimum absolute atomic E-state index is 0.0684. The van der Waals surface area contributed by atoms with Gasteiger partial charge in [0.25, 0.3) is 0 Å². The van der Waals surface area contributed by atoms with Crippen LogP contribution >= 0.6 is 0 Å². The van der Waals surface area contributed by atoms with Crippen molar-refractivity contribution in [2.24, 2.45) is 0 Å². The number of nitrogens with one attached hydrogen (secondary N) is 1. The summed E-state index contributed by atoms with van der Waals surface area (Å²) >= 11 is 0. The average Bonchev–Trinajstić information content (AvgIpc) is 3.07. The Bertz CT molecular complexity index is 283. The van der Waals surface area contributed by atoms with Crippen molar-refractivity contribution >= 4 is 0 Å². The maximum Gasteiger partial charge on any atom is 0.0934 e. The topological polar surface area (TPSA) is 37.0 Å². The number of hydrogen-bond acceptors (Lipinski definition) is 4. The highest BCUT2D eigenvalue weighted by molar-refractivity contribution is 4.99. The molecule has 0 radical (unpaired) electrons. The first kappa shape index (κ1) is 15.2. The van der Waals surface area contributed by atoms with Crippen LogP contribution in [0.3, 0.4) is 0 Å². The van der Waals surface area contributed by atoms with Crippen LogP contribution in [-0.4, -0.2) is 48.0 Å². The average molecular weight is 270 g/mol. The third-order valence-corrected chi connectivity index (χ3v) is 4.05. The Morgan fingerprint density at radius 3 is 2.26 bits per heavy atom. The maximum absolute atomic E-state index is 6.03. The lowest BCUT2D eigenvalue weighted by Crippen LogP contribution is -2.63. The third kappa shape index (κ3) is 3.91. The first-order chi connectivity index (χ1) is 8.85. The Hall–Kier alpha value is -0.160. The zero-order valence-corrected chi connectivity index (χ0v) is 13.2. The minimum atomic E-state index is 0.0684. The fraction of sp³-hybridized carbons (Fsp3) is 1.00. The predicted molar refractivity (Wildman–Crippen MR) is 77.0 cm³/mol. The van der Waals surface area contributed by atoms with E-state index < -0.39 is 0 Å². The molecule has 2 saturated heterocycles. The van der Waals surface area contributed by atoms with E-state index in [0.29, 0.717) is 12.1 Å². The van der Waals surface area contributed by atoms with Gasteiger partial charge in [0, 0.05) is 23.7 Å². The van der Waals surface area contributed by atoms with Crippen LogP contribution < -0.4 is 5.32 Å². The molecule has 2 aliphatic rings. The van der Waals surface area contributed by atoms with Crippen molar-refractivity contribution in [1.29, 1.82) is 0 Å². The largest absolute Gasteiger partial charge is 0.372 e. The lowest BCUT2D eigenvalue weighted by atomic mass is 9.79. The molecule has 0 spiro atoms. The van der Waals surface area contributed by atoms with Gasteiger partial charge in [-0.05, 0) is 47.0 Å². The van der Waals surface area contributed by atoms with Crippen LogP contribution in [0.1, 0.15) is 53.9 Å². The Labute approximate surface area is 117 Å². The second kappa shape index (κ2) is 5.68. The zero-order chi connectivity index (χ0) is 14.1. The van der Waals surface area contributed by atoms with E-state index in [2.05, 4.69) is 45.0 Å². The van der Waals surface area contributed by atoms with Gasteiger partial charge in [-0.25, -0.2) is 0 Å². The molecule has 0 saturated carbocycles.